The summed E-state index contributed by atoms with van der Waals surface area (Å²) in [6.07, 6.45) is 3.08. The van der Waals surface area contributed by atoms with E-state index in [1.807, 2.05) is 53.4 Å². The summed E-state index contributed by atoms with van der Waals surface area (Å²) in [5.74, 6) is 1.51. The zero-order valence-corrected chi connectivity index (χ0v) is 19.1. The minimum atomic E-state index is 0.131. The van der Waals surface area contributed by atoms with E-state index in [4.69, 9.17) is 21.1 Å². The average Bonchev–Trinajstić information content (AvgIpc) is 2.80. The third-order valence-corrected chi connectivity index (χ3v) is 5.65. The van der Waals surface area contributed by atoms with Crippen LogP contribution in [-0.2, 0) is 17.8 Å². The van der Waals surface area contributed by atoms with E-state index in [0.29, 0.717) is 42.6 Å². The highest BCUT2D eigenvalue weighted by Crippen LogP contribution is 2.28. The van der Waals surface area contributed by atoms with Crippen LogP contribution in [0.4, 0.5) is 0 Å². The van der Waals surface area contributed by atoms with Crippen LogP contribution in [-0.4, -0.2) is 36.6 Å². The monoisotopic (exact) mass is 440 g/mol. The smallest absolute Gasteiger partial charge is 0.222 e. The zero-order valence-electron chi connectivity index (χ0n) is 18.4. The first kappa shape index (κ1) is 22.9. The molecule has 0 aliphatic heterocycles. The SMILES string of the molecule is CCCCC(=O)N(CCc1ccc(OC)c(OC)c1)Cc1cc2ccccc2nc1Cl. The second kappa shape index (κ2) is 11.0. The van der Waals surface area contributed by atoms with E-state index in [-0.39, 0.29) is 5.91 Å². The molecule has 1 amide bonds. The number of aromatic nitrogens is 1. The van der Waals surface area contributed by atoms with Crippen molar-refractivity contribution < 1.29 is 14.3 Å². The third-order valence-electron chi connectivity index (χ3n) is 5.33. The van der Waals surface area contributed by atoms with Crippen molar-refractivity contribution in [1.29, 1.82) is 0 Å². The highest BCUT2D eigenvalue weighted by Gasteiger charge is 2.17. The quantitative estimate of drug-likeness (QED) is 0.381. The van der Waals surface area contributed by atoms with E-state index in [2.05, 4.69) is 11.9 Å². The van der Waals surface area contributed by atoms with Crippen LogP contribution in [0, 0.1) is 0 Å². The number of benzene rings is 2. The largest absolute Gasteiger partial charge is 0.493 e. The molecule has 0 aliphatic carbocycles. The molecule has 3 aromatic rings. The van der Waals surface area contributed by atoms with Gasteiger partial charge in [-0.25, -0.2) is 4.98 Å². The molecule has 0 saturated heterocycles. The lowest BCUT2D eigenvalue weighted by Gasteiger charge is -2.24. The maximum atomic E-state index is 12.9. The van der Waals surface area contributed by atoms with Crippen molar-refractivity contribution in [2.45, 2.75) is 39.2 Å². The molecule has 0 fully saturated rings. The normalized spacial score (nSPS) is 10.8. The number of amides is 1. The number of carbonyl (C=O) groups is 1. The average molecular weight is 441 g/mol. The molecule has 0 unspecified atom stereocenters. The first-order valence-corrected chi connectivity index (χ1v) is 11.0. The Morgan fingerprint density at radius 1 is 1.06 bits per heavy atom. The van der Waals surface area contributed by atoms with Gasteiger partial charge in [-0.3, -0.25) is 4.79 Å². The van der Waals surface area contributed by atoms with E-state index in [0.717, 1.165) is 34.9 Å². The van der Waals surface area contributed by atoms with Crippen LogP contribution in [0.5, 0.6) is 11.5 Å². The maximum Gasteiger partial charge on any atom is 0.222 e. The van der Waals surface area contributed by atoms with Crippen molar-refractivity contribution in [3.05, 3.63) is 64.8 Å². The Kier molecular flexibility index (Phi) is 8.13. The molecule has 0 atom stereocenters. The third kappa shape index (κ3) is 5.88. The van der Waals surface area contributed by atoms with Crippen molar-refractivity contribution in [3.63, 3.8) is 0 Å². The number of hydrogen-bond acceptors (Lipinski definition) is 4. The van der Waals surface area contributed by atoms with Gasteiger partial charge in [-0.1, -0.05) is 49.2 Å². The van der Waals surface area contributed by atoms with Gasteiger partial charge in [0.05, 0.1) is 19.7 Å². The van der Waals surface area contributed by atoms with Crippen LogP contribution in [0.25, 0.3) is 10.9 Å². The number of pyridine rings is 1. The standard InChI is InChI=1S/C25H29ClN2O3/c1-4-5-10-24(29)28(14-13-18-11-12-22(30-2)23(15-18)31-3)17-20-16-19-8-6-7-9-21(19)27-25(20)26/h6-9,11-12,15-16H,4-5,10,13-14,17H2,1-3H3. The highest BCUT2D eigenvalue weighted by molar-refractivity contribution is 6.30. The molecule has 0 aliphatic rings. The lowest BCUT2D eigenvalue weighted by molar-refractivity contribution is -0.131. The number of nitrogens with zero attached hydrogens (tertiary/aromatic N) is 2. The number of unbranched alkanes of at least 4 members (excludes halogenated alkanes) is 1. The summed E-state index contributed by atoms with van der Waals surface area (Å²) in [6, 6.07) is 15.7. The molecular formula is C25H29ClN2O3. The predicted molar refractivity (Wildman–Crippen MR) is 125 cm³/mol. The minimum Gasteiger partial charge on any atom is -0.493 e. The van der Waals surface area contributed by atoms with Gasteiger partial charge in [-0.05, 0) is 42.7 Å². The fourth-order valence-electron chi connectivity index (χ4n) is 3.53. The summed E-state index contributed by atoms with van der Waals surface area (Å²) in [4.78, 5) is 19.3. The summed E-state index contributed by atoms with van der Waals surface area (Å²) in [5.41, 5.74) is 2.79. The number of hydrogen-bond donors (Lipinski definition) is 0. The molecule has 0 spiro atoms. The van der Waals surface area contributed by atoms with E-state index >= 15 is 0 Å². The molecule has 164 valence electrons. The summed E-state index contributed by atoms with van der Waals surface area (Å²) in [7, 11) is 3.24. The van der Waals surface area contributed by atoms with Crippen molar-refractivity contribution >= 4 is 28.4 Å². The number of carbonyl (C=O) groups excluding carboxylic acids is 1. The number of rotatable bonds is 10. The number of fused-ring (bicyclic) bond motifs is 1. The van der Waals surface area contributed by atoms with Crippen LogP contribution in [0.15, 0.2) is 48.5 Å². The Labute approximate surface area is 188 Å². The molecule has 0 N–H and O–H groups in total. The van der Waals surface area contributed by atoms with Crippen LogP contribution >= 0.6 is 11.6 Å². The zero-order chi connectivity index (χ0) is 22.2. The van der Waals surface area contributed by atoms with Gasteiger partial charge in [0.1, 0.15) is 5.15 Å². The summed E-state index contributed by atoms with van der Waals surface area (Å²) < 4.78 is 10.7. The fraction of sp³-hybridized carbons (Fsp3) is 0.360. The summed E-state index contributed by atoms with van der Waals surface area (Å²) in [6.45, 7) is 3.11. The van der Waals surface area contributed by atoms with Gasteiger partial charge < -0.3 is 14.4 Å². The van der Waals surface area contributed by atoms with E-state index < -0.39 is 0 Å². The fourth-order valence-corrected chi connectivity index (χ4v) is 3.74. The Hall–Kier alpha value is -2.79. The molecule has 0 radical (unpaired) electrons. The first-order chi connectivity index (χ1) is 15.0. The summed E-state index contributed by atoms with van der Waals surface area (Å²) >= 11 is 6.47. The van der Waals surface area contributed by atoms with Gasteiger partial charge in [-0.15, -0.1) is 0 Å². The lowest BCUT2D eigenvalue weighted by Crippen LogP contribution is -2.32. The van der Waals surface area contributed by atoms with Gasteiger partial charge in [0.2, 0.25) is 5.91 Å². The van der Waals surface area contributed by atoms with E-state index in [1.54, 1.807) is 14.2 Å². The predicted octanol–water partition coefficient (Wildman–Crippen LogP) is 5.67. The molecule has 31 heavy (non-hydrogen) atoms. The molecule has 0 saturated carbocycles. The van der Waals surface area contributed by atoms with Crippen molar-refractivity contribution in [1.82, 2.24) is 9.88 Å². The number of para-hydroxylation sites is 1. The van der Waals surface area contributed by atoms with Crippen molar-refractivity contribution in [2.24, 2.45) is 0 Å². The molecular weight excluding hydrogens is 412 g/mol. The lowest BCUT2D eigenvalue weighted by atomic mass is 10.1. The van der Waals surface area contributed by atoms with Gasteiger partial charge in [-0.2, -0.15) is 0 Å². The molecule has 3 rings (SSSR count). The van der Waals surface area contributed by atoms with Gasteiger partial charge in [0, 0.05) is 30.5 Å². The molecule has 1 heterocycles. The Morgan fingerprint density at radius 3 is 2.58 bits per heavy atom. The minimum absolute atomic E-state index is 0.131. The maximum absolute atomic E-state index is 12.9. The van der Waals surface area contributed by atoms with E-state index in [9.17, 15) is 4.79 Å². The van der Waals surface area contributed by atoms with Gasteiger partial charge in [0.15, 0.2) is 11.5 Å². The van der Waals surface area contributed by atoms with Gasteiger partial charge >= 0.3 is 0 Å². The van der Waals surface area contributed by atoms with Crippen LogP contribution in [0.3, 0.4) is 0 Å². The number of halogens is 1. The van der Waals surface area contributed by atoms with E-state index in [1.165, 1.54) is 0 Å². The van der Waals surface area contributed by atoms with Crippen LogP contribution in [0.1, 0.15) is 37.3 Å². The first-order valence-electron chi connectivity index (χ1n) is 10.6. The highest BCUT2D eigenvalue weighted by atomic mass is 35.5. The topological polar surface area (TPSA) is 51.7 Å². The molecule has 2 aromatic carbocycles. The Balaban J connectivity index is 1.80. The van der Waals surface area contributed by atoms with Crippen molar-refractivity contribution in [3.8, 4) is 11.5 Å². The molecule has 1 aromatic heterocycles. The Morgan fingerprint density at radius 2 is 1.84 bits per heavy atom. The molecule has 0 bridgehead atoms. The second-order valence-corrected chi connectivity index (χ2v) is 7.85. The molecule has 5 nitrogen and oxygen atoms in total. The van der Waals surface area contributed by atoms with Gasteiger partial charge in [0.25, 0.3) is 0 Å². The summed E-state index contributed by atoms with van der Waals surface area (Å²) in [5, 5.41) is 1.46. The van der Waals surface area contributed by atoms with Crippen LogP contribution in [0.2, 0.25) is 5.15 Å². The Bertz CT molecular complexity index is 1040. The number of methoxy groups -OCH3 is 2. The van der Waals surface area contributed by atoms with Crippen LogP contribution < -0.4 is 9.47 Å². The second-order valence-electron chi connectivity index (χ2n) is 7.49. The van der Waals surface area contributed by atoms with Crippen molar-refractivity contribution in [2.75, 3.05) is 20.8 Å². The molecule has 6 heteroatoms. The number of ether oxygens (including phenoxy) is 2.